The first-order valence-electron chi connectivity index (χ1n) is 4.84. The summed E-state index contributed by atoms with van der Waals surface area (Å²) in [5.41, 5.74) is 0.762. The summed E-state index contributed by atoms with van der Waals surface area (Å²) >= 11 is 1.12. The van der Waals surface area contributed by atoms with Crippen molar-refractivity contribution in [2.75, 3.05) is 0 Å². The van der Waals surface area contributed by atoms with Crippen molar-refractivity contribution in [2.45, 2.75) is 38.2 Å². The molecule has 1 rings (SSSR count). The zero-order valence-corrected chi connectivity index (χ0v) is 10.4. The molecule has 0 aliphatic carbocycles. The van der Waals surface area contributed by atoms with Crippen LogP contribution in [0, 0.1) is 6.92 Å². The average molecular weight is 224 g/mol. The van der Waals surface area contributed by atoms with E-state index in [0.717, 1.165) is 16.7 Å². The molecule has 0 fully saturated rings. The molecule has 15 heavy (non-hydrogen) atoms. The second-order valence-electron chi connectivity index (χ2n) is 4.38. The Hall–Kier alpha value is -0.960. The van der Waals surface area contributed by atoms with E-state index in [1.54, 1.807) is 0 Å². The van der Waals surface area contributed by atoms with Crippen LogP contribution in [0.5, 0.6) is 0 Å². The monoisotopic (exact) mass is 224 g/mol. The van der Waals surface area contributed by atoms with Gasteiger partial charge in [-0.1, -0.05) is 17.7 Å². The number of hydrogen-bond donors (Lipinski definition) is 0. The van der Waals surface area contributed by atoms with Crippen molar-refractivity contribution in [2.24, 2.45) is 0 Å². The van der Waals surface area contributed by atoms with E-state index in [0.29, 0.717) is 0 Å². The lowest BCUT2D eigenvalue weighted by molar-refractivity contribution is 0.0738. The fraction of sp³-hybridized carbons (Fsp3) is 0.417. The van der Waals surface area contributed by atoms with Crippen molar-refractivity contribution < 1.29 is 9.53 Å². The number of rotatable bonds is 1. The molecule has 0 N–H and O–H groups in total. The molecule has 0 radical (unpaired) electrons. The van der Waals surface area contributed by atoms with Crippen LogP contribution in [-0.4, -0.2) is 10.9 Å². The second kappa shape index (κ2) is 4.71. The van der Waals surface area contributed by atoms with Crippen LogP contribution in [-0.2, 0) is 4.74 Å². The van der Waals surface area contributed by atoms with Crippen LogP contribution in [0.4, 0.5) is 4.79 Å². The van der Waals surface area contributed by atoms with Crippen LogP contribution in [0.25, 0.3) is 0 Å². The van der Waals surface area contributed by atoms with E-state index in [4.69, 9.17) is 4.74 Å². The van der Waals surface area contributed by atoms with Gasteiger partial charge in [-0.2, -0.15) is 0 Å². The molecular weight excluding hydrogens is 208 g/mol. The van der Waals surface area contributed by atoms with Gasteiger partial charge in [-0.3, -0.25) is 0 Å². The molecular formula is C12H16O2S. The maximum absolute atomic E-state index is 11.5. The van der Waals surface area contributed by atoms with E-state index < -0.39 is 5.60 Å². The van der Waals surface area contributed by atoms with E-state index in [1.165, 1.54) is 5.56 Å². The number of aryl methyl sites for hydroxylation is 1. The second-order valence-corrected chi connectivity index (χ2v) is 5.39. The zero-order valence-electron chi connectivity index (χ0n) is 9.53. The van der Waals surface area contributed by atoms with Crippen molar-refractivity contribution in [3.8, 4) is 0 Å². The van der Waals surface area contributed by atoms with Gasteiger partial charge in [0.1, 0.15) is 5.60 Å². The summed E-state index contributed by atoms with van der Waals surface area (Å²) in [6, 6.07) is 7.80. The number of thioether (sulfide) groups is 1. The summed E-state index contributed by atoms with van der Waals surface area (Å²) in [5, 5.41) is -0.258. The molecule has 0 spiro atoms. The first-order valence-corrected chi connectivity index (χ1v) is 5.66. The fourth-order valence-electron chi connectivity index (χ4n) is 0.973. The lowest BCUT2D eigenvalue weighted by atomic mass is 10.2. The van der Waals surface area contributed by atoms with Crippen molar-refractivity contribution in [3.05, 3.63) is 29.8 Å². The Labute approximate surface area is 95.0 Å². The van der Waals surface area contributed by atoms with Crippen molar-refractivity contribution in [1.82, 2.24) is 0 Å². The SMILES string of the molecule is Cc1ccc(SC(=O)OC(C)(C)C)cc1. The Balaban J connectivity index is 2.55. The predicted octanol–water partition coefficient (Wildman–Crippen LogP) is 4.02. The lowest BCUT2D eigenvalue weighted by Gasteiger charge is -2.18. The van der Waals surface area contributed by atoms with Crippen LogP contribution in [0.3, 0.4) is 0 Å². The predicted molar refractivity (Wildman–Crippen MR) is 63.3 cm³/mol. The third kappa shape index (κ3) is 4.88. The highest BCUT2D eigenvalue weighted by Crippen LogP contribution is 2.23. The molecule has 2 nitrogen and oxygen atoms in total. The smallest absolute Gasteiger partial charge is 0.372 e. The molecule has 1 aromatic rings. The molecule has 0 amide bonds. The summed E-state index contributed by atoms with van der Waals surface area (Å²) in [5.74, 6) is 0. The molecule has 0 aromatic heterocycles. The number of ether oxygens (including phenoxy) is 1. The van der Waals surface area contributed by atoms with E-state index in [2.05, 4.69) is 0 Å². The van der Waals surface area contributed by atoms with Crippen molar-refractivity contribution >= 4 is 17.1 Å². The Kier molecular flexibility index (Phi) is 3.80. The highest BCUT2D eigenvalue weighted by molar-refractivity contribution is 8.13. The van der Waals surface area contributed by atoms with Gasteiger partial charge in [0.05, 0.1) is 0 Å². The van der Waals surface area contributed by atoms with Crippen LogP contribution < -0.4 is 0 Å². The van der Waals surface area contributed by atoms with Gasteiger partial charge in [0.25, 0.3) is 0 Å². The minimum Gasteiger partial charge on any atom is -0.452 e. The maximum atomic E-state index is 11.5. The Morgan fingerprint density at radius 2 is 1.73 bits per heavy atom. The zero-order chi connectivity index (χ0) is 11.5. The van der Waals surface area contributed by atoms with Gasteiger partial charge in [0.15, 0.2) is 0 Å². The number of benzene rings is 1. The van der Waals surface area contributed by atoms with E-state index in [9.17, 15) is 4.79 Å². The van der Waals surface area contributed by atoms with Crippen LogP contribution >= 0.6 is 11.8 Å². The van der Waals surface area contributed by atoms with Crippen molar-refractivity contribution in [3.63, 3.8) is 0 Å². The van der Waals surface area contributed by atoms with Crippen LogP contribution in [0.15, 0.2) is 29.2 Å². The Bertz CT molecular complexity index is 336. The molecule has 82 valence electrons. The standard InChI is InChI=1S/C12H16O2S/c1-9-5-7-10(8-6-9)15-11(13)14-12(2,3)4/h5-8H,1-4H3. The van der Waals surface area contributed by atoms with Crippen molar-refractivity contribution in [1.29, 1.82) is 0 Å². The summed E-state index contributed by atoms with van der Waals surface area (Å²) in [6.07, 6.45) is 0. The van der Waals surface area contributed by atoms with Gasteiger partial charge >= 0.3 is 5.30 Å². The minimum atomic E-state index is -0.422. The molecule has 0 saturated heterocycles. The molecule has 0 aliphatic rings. The fourth-order valence-corrected chi connectivity index (χ4v) is 1.73. The normalized spacial score (nSPS) is 11.2. The third-order valence-corrected chi connectivity index (χ3v) is 2.37. The average Bonchev–Trinajstić information content (AvgIpc) is 2.05. The molecule has 0 unspecified atom stereocenters. The molecule has 0 bridgehead atoms. The Morgan fingerprint density at radius 1 is 1.20 bits per heavy atom. The maximum Gasteiger partial charge on any atom is 0.372 e. The quantitative estimate of drug-likeness (QED) is 0.532. The molecule has 0 heterocycles. The molecule has 3 heteroatoms. The number of carbonyl (C=O) groups is 1. The molecule has 0 aliphatic heterocycles. The molecule has 0 atom stereocenters. The summed E-state index contributed by atoms with van der Waals surface area (Å²) in [4.78, 5) is 12.4. The van der Waals surface area contributed by atoms with Gasteiger partial charge in [-0.15, -0.1) is 0 Å². The largest absolute Gasteiger partial charge is 0.452 e. The summed E-state index contributed by atoms with van der Waals surface area (Å²) in [6.45, 7) is 7.60. The van der Waals surface area contributed by atoms with Gasteiger partial charge in [0, 0.05) is 4.90 Å². The van der Waals surface area contributed by atoms with Gasteiger partial charge < -0.3 is 4.74 Å². The first kappa shape index (κ1) is 12.1. The summed E-state index contributed by atoms with van der Waals surface area (Å²) in [7, 11) is 0. The number of hydrogen-bond acceptors (Lipinski definition) is 3. The summed E-state index contributed by atoms with van der Waals surface area (Å²) < 4.78 is 5.20. The van der Waals surface area contributed by atoms with Gasteiger partial charge in [0.2, 0.25) is 0 Å². The van der Waals surface area contributed by atoms with Gasteiger partial charge in [-0.05, 0) is 51.6 Å². The topological polar surface area (TPSA) is 26.3 Å². The molecule has 0 saturated carbocycles. The Morgan fingerprint density at radius 3 is 2.20 bits per heavy atom. The highest BCUT2D eigenvalue weighted by Gasteiger charge is 2.16. The minimum absolute atomic E-state index is 0.258. The van der Waals surface area contributed by atoms with E-state index in [-0.39, 0.29) is 5.30 Å². The lowest BCUT2D eigenvalue weighted by Crippen LogP contribution is -2.21. The van der Waals surface area contributed by atoms with Crippen LogP contribution in [0.1, 0.15) is 26.3 Å². The van der Waals surface area contributed by atoms with E-state index >= 15 is 0 Å². The third-order valence-electron chi connectivity index (χ3n) is 1.61. The molecule has 1 aromatic carbocycles. The first-order chi connectivity index (χ1) is 6.87. The van der Waals surface area contributed by atoms with Gasteiger partial charge in [-0.25, -0.2) is 4.79 Å². The van der Waals surface area contributed by atoms with Crippen LogP contribution in [0.2, 0.25) is 0 Å². The number of carbonyl (C=O) groups excluding carboxylic acids is 1. The van der Waals surface area contributed by atoms with E-state index in [1.807, 2.05) is 52.0 Å². The highest BCUT2D eigenvalue weighted by atomic mass is 32.2.